The minimum atomic E-state index is -0.0921. The van der Waals surface area contributed by atoms with Crippen LogP contribution in [0.25, 0.3) is 0 Å². The lowest BCUT2D eigenvalue weighted by molar-refractivity contribution is 0.403. The quantitative estimate of drug-likeness (QED) is 0.504. The van der Waals surface area contributed by atoms with Crippen LogP contribution in [0.4, 0.5) is 0 Å². The zero-order valence-electron chi connectivity index (χ0n) is 8.20. The van der Waals surface area contributed by atoms with E-state index < -0.39 is 0 Å². The van der Waals surface area contributed by atoms with Crippen molar-refractivity contribution in [3.8, 4) is 11.5 Å². The molecule has 76 valence electrons. The molecule has 1 unspecified atom stereocenters. The van der Waals surface area contributed by atoms with Gasteiger partial charge in [0.15, 0.2) is 11.5 Å². The van der Waals surface area contributed by atoms with E-state index in [1.807, 2.05) is 6.92 Å². The van der Waals surface area contributed by atoms with Crippen molar-refractivity contribution in [1.82, 2.24) is 5.32 Å². The van der Waals surface area contributed by atoms with E-state index >= 15 is 0 Å². The van der Waals surface area contributed by atoms with E-state index in [0.717, 1.165) is 5.56 Å². The van der Waals surface area contributed by atoms with Gasteiger partial charge in [-0.3, -0.25) is 0 Å². The topological polar surface area (TPSA) is 52.5 Å². The monoisotopic (exact) mass is 193 g/mol. The summed E-state index contributed by atoms with van der Waals surface area (Å²) >= 11 is 0. The highest BCUT2D eigenvalue weighted by atomic mass is 16.3. The fourth-order valence-electron chi connectivity index (χ4n) is 1.04. The first kappa shape index (κ1) is 10.6. The van der Waals surface area contributed by atoms with Gasteiger partial charge in [-0.2, -0.15) is 0 Å². The molecular weight excluding hydrogens is 178 g/mol. The van der Waals surface area contributed by atoms with Gasteiger partial charge >= 0.3 is 0 Å². The Bertz CT molecular complexity index is 323. The van der Waals surface area contributed by atoms with E-state index in [2.05, 4.69) is 11.9 Å². The van der Waals surface area contributed by atoms with Gasteiger partial charge in [-0.15, -0.1) is 6.58 Å². The molecule has 3 heteroatoms. The van der Waals surface area contributed by atoms with Gasteiger partial charge in [0, 0.05) is 12.6 Å². The van der Waals surface area contributed by atoms with E-state index in [1.165, 1.54) is 12.1 Å². The van der Waals surface area contributed by atoms with Gasteiger partial charge in [0.1, 0.15) is 0 Å². The SMILES string of the molecule is C=CC(C)NCc1ccc(O)c(O)c1. The number of hydrogen-bond donors (Lipinski definition) is 3. The summed E-state index contributed by atoms with van der Waals surface area (Å²) in [5.74, 6) is -0.180. The average Bonchev–Trinajstić information content (AvgIpc) is 2.19. The largest absolute Gasteiger partial charge is 0.504 e. The van der Waals surface area contributed by atoms with Crippen LogP contribution >= 0.6 is 0 Å². The molecule has 1 atom stereocenters. The molecule has 14 heavy (non-hydrogen) atoms. The maximum absolute atomic E-state index is 9.22. The van der Waals surface area contributed by atoms with Gasteiger partial charge in [0.2, 0.25) is 0 Å². The standard InChI is InChI=1S/C11H15NO2/c1-3-8(2)12-7-9-4-5-10(13)11(14)6-9/h3-6,8,12-14H,1,7H2,2H3. The fraction of sp³-hybridized carbons (Fsp3) is 0.273. The van der Waals surface area contributed by atoms with Gasteiger partial charge in [-0.1, -0.05) is 12.1 Å². The van der Waals surface area contributed by atoms with Gasteiger partial charge in [-0.25, -0.2) is 0 Å². The lowest BCUT2D eigenvalue weighted by Gasteiger charge is -2.09. The molecule has 0 fully saturated rings. The Morgan fingerprint density at radius 2 is 2.14 bits per heavy atom. The molecular formula is C11H15NO2. The molecule has 0 aliphatic heterocycles. The molecule has 0 saturated carbocycles. The Morgan fingerprint density at radius 1 is 1.43 bits per heavy atom. The first-order valence-corrected chi connectivity index (χ1v) is 4.50. The fourth-order valence-corrected chi connectivity index (χ4v) is 1.04. The van der Waals surface area contributed by atoms with Gasteiger partial charge in [-0.05, 0) is 24.6 Å². The molecule has 0 aliphatic rings. The van der Waals surface area contributed by atoms with Crippen LogP contribution in [-0.4, -0.2) is 16.3 Å². The van der Waals surface area contributed by atoms with Crippen LogP contribution in [0.2, 0.25) is 0 Å². The molecule has 0 heterocycles. The summed E-state index contributed by atoms with van der Waals surface area (Å²) in [4.78, 5) is 0. The highest BCUT2D eigenvalue weighted by Gasteiger charge is 2.01. The first-order valence-electron chi connectivity index (χ1n) is 4.50. The molecule has 1 aromatic rings. The average molecular weight is 193 g/mol. The van der Waals surface area contributed by atoms with E-state index in [9.17, 15) is 5.11 Å². The first-order chi connectivity index (χ1) is 6.63. The second kappa shape index (κ2) is 4.67. The molecule has 3 N–H and O–H groups in total. The Balaban J connectivity index is 2.59. The molecule has 0 amide bonds. The second-order valence-electron chi connectivity index (χ2n) is 3.23. The third kappa shape index (κ3) is 2.78. The maximum atomic E-state index is 9.22. The van der Waals surface area contributed by atoms with E-state index in [4.69, 9.17) is 5.11 Å². The van der Waals surface area contributed by atoms with Crippen molar-refractivity contribution in [3.63, 3.8) is 0 Å². The molecule has 0 radical (unpaired) electrons. The van der Waals surface area contributed by atoms with Gasteiger partial charge < -0.3 is 15.5 Å². The molecule has 1 rings (SSSR count). The third-order valence-electron chi connectivity index (χ3n) is 2.02. The van der Waals surface area contributed by atoms with Crippen molar-refractivity contribution in [2.24, 2.45) is 0 Å². The molecule has 0 saturated heterocycles. The predicted molar refractivity (Wildman–Crippen MR) is 56.3 cm³/mol. The second-order valence-corrected chi connectivity index (χ2v) is 3.23. The minimum absolute atomic E-state index is 0.0874. The number of nitrogens with one attached hydrogen (secondary N) is 1. The number of benzene rings is 1. The van der Waals surface area contributed by atoms with E-state index in [-0.39, 0.29) is 17.5 Å². The lowest BCUT2D eigenvalue weighted by Crippen LogP contribution is -2.22. The molecule has 0 bridgehead atoms. The van der Waals surface area contributed by atoms with Crippen molar-refractivity contribution < 1.29 is 10.2 Å². The van der Waals surface area contributed by atoms with Crippen molar-refractivity contribution in [2.75, 3.05) is 0 Å². The van der Waals surface area contributed by atoms with Crippen LogP contribution < -0.4 is 5.32 Å². The number of rotatable bonds is 4. The number of phenolic OH excluding ortho intramolecular Hbond substituents is 2. The molecule has 0 spiro atoms. The summed E-state index contributed by atoms with van der Waals surface area (Å²) in [6.07, 6.45) is 1.81. The number of aromatic hydroxyl groups is 2. The minimum Gasteiger partial charge on any atom is -0.504 e. The summed E-state index contributed by atoms with van der Waals surface area (Å²) in [5.41, 5.74) is 0.925. The van der Waals surface area contributed by atoms with Gasteiger partial charge in [0.25, 0.3) is 0 Å². The Kier molecular flexibility index (Phi) is 3.54. The van der Waals surface area contributed by atoms with Gasteiger partial charge in [0.05, 0.1) is 0 Å². The molecule has 3 nitrogen and oxygen atoms in total. The lowest BCUT2D eigenvalue weighted by atomic mass is 10.2. The molecule has 0 aromatic heterocycles. The van der Waals surface area contributed by atoms with Crippen LogP contribution in [0, 0.1) is 0 Å². The smallest absolute Gasteiger partial charge is 0.157 e. The molecule has 0 aliphatic carbocycles. The Labute approximate surface area is 83.7 Å². The summed E-state index contributed by atoms with van der Waals surface area (Å²) < 4.78 is 0. The highest BCUT2D eigenvalue weighted by Crippen LogP contribution is 2.24. The summed E-state index contributed by atoms with van der Waals surface area (Å²) in [6, 6.07) is 5.01. The molecule has 1 aromatic carbocycles. The van der Waals surface area contributed by atoms with Crippen molar-refractivity contribution in [1.29, 1.82) is 0 Å². The summed E-state index contributed by atoms with van der Waals surface area (Å²) in [6.45, 7) is 6.29. The normalized spacial score (nSPS) is 12.4. The van der Waals surface area contributed by atoms with Crippen LogP contribution in [0.15, 0.2) is 30.9 Å². The van der Waals surface area contributed by atoms with E-state index in [0.29, 0.717) is 6.54 Å². The summed E-state index contributed by atoms with van der Waals surface area (Å²) in [7, 11) is 0. The van der Waals surface area contributed by atoms with Crippen molar-refractivity contribution in [2.45, 2.75) is 19.5 Å². The summed E-state index contributed by atoms with van der Waals surface area (Å²) in [5, 5.41) is 21.5. The predicted octanol–water partition coefficient (Wildman–Crippen LogP) is 1.76. The Morgan fingerprint density at radius 3 is 2.71 bits per heavy atom. The third-order valence-corrected chi connectivity index (χ3v) is 2.02. The number of hydrogen-bond acceptors (Lipinski definition) is 3. The van der Waals surface area contributed by atoms with Crippen LogP contribution in [0.3, 0.4) is 0 Å². The number of phenols is 2. The van der Waals surface area contributed by atoms with Crippen molar-refractivity contribution >= 4 is 0 Å². The van der Waals surface area contributed by atoms with E-state index in [1.54, 1.807) is 12.1 Å². The van der Waals surface area contributed by atoms with Crippen LogP contribution in [0.5, 0.6) is 11.5 Å². The Hall–Kier alpha value is -1.48. The highest BCUT2D eigenvalue weighted by molar-refractivity contribution is 5.40. The maximum Gasteiger partial charge on any atom is 0.157 e. The van der Waals surface area contributed by atoms with Crippen LogP contribution in [-0.2, 0) is 6.54 Å². The zero-order chi connectivity index (χ0) is 10.6. The zero-order valence-corrected chi connectivity index (χ0v) is 8.20. The van der Waals surface area contributed by atoms with Crippen molar-refractivity contribution in [3.05, 3.63) is 36.4 Å². The van der Waals surface area contributed by atoms with Crippen LogP contribution in [0.1, 0.15) is 12.5 Å².